The lowest BCUT2D eigenvalue weighted by molar-refractivity contribution is -0.137. The predicted octanol–water partition coefficient (Wildman–Crippen LogP) is 4.99. The van der Waals surface area contributed by atoms with E-state index < -0.39 is 11.7 Å². The van der Waals surface area contributed by atoms with Crippen molar-refractivity contribution in [2.24, 2.45) is 0 Å². The summed E-state index contributed by atoms with van der Waals surface area (Å²) >= 11 is 1.49. The van der Waals surface area contributed by atoms with Gasteiger partial charge in [-0.15, -0.1) is 11.3 Å². The van der Waals surface area contributed by atoms with Crippen molar-refractivity contribution < 1.29 is 13.2 Å². The number of benzene rings is 2. The van der Waals surface area contributed by atoms with Gasteiger partial charge in [-0.25, -0.2) is 4.98 Å². The lowest BCUT2D eigenvalue weighted by Gasteiger charge is -2.36. The van der Waals surface area contributed by atoms with E-state index in [1.165, 1.54) is 23.5 Å². The fraction of sp³-hybridized carbons (Fsp3) is 0.250. The molecular formula is C24H21F3N4OS. The minimum Gasteiger partial charge on any atom is -0.369 e. The standard InChI is InChI=1S/C24H21F3N4OS/c25-24(26,27)17-7-4-8-18(13-17)31-11-9-30(10-12-31)15-21-28-22(32)19-14-20(33-23(19)29-21)16-5-2-1-3-6-16/h1-8,13-14H,9-12,15H2,(H,28,29,32). The van der Waals surface area contributed by atoms with Crippen LogP contribution in [0, 0.1) is 0 Å². The molecular weight excluding hydrogens is 449 g/mol. The summed E-state index contributed by atoms with van der Waals surface area (Å²) in [6, 6.07) is 17.2. The van der Waals surface area contributed by atoms with Crippen LogP contribution < -0.4 is 10.5 Å². The Balaban J connectivity index is 1.28. The second kappa shape index (κ2) is 8.64. The molecule has 1 fully saturated rings. The number of thiophene rings is 1. The number of aromatic nitrogens is 2. The molecule has 1 aliphatic heterocycles. The van der Waals surface area contributed by atoms with E-state index in [9.17, 15) is 18.0 Å². The molecule has 1 saturated heterocycles. The van der Waals surface area contributed by atoms with Crippen LogP contribution in [0.1, 0.15) is 11.4 Å². The number of hydrogen-bond donors (Lipinski definition) is 1. The van der Waals surface area contributed by atoms with Gasteiger partial charge in [0, 0.05) is 36.7 Å². The van der Waals surface area contributed by atoms with Gasteiger partial charge in [-0.05, 0) is 29.8 Å². The Morgan fingerprint density at radius 2 is 1.73 bits per heavy atom. The maximum absolute atomic E-state index is 13.0. The zero-order chi connectivity index (χ0) is 23.0. The molecule has 0 bridgehead atoms. The number of anilines is 1. The topological polar surface area (TPSA) is 52.2 Å². The van der Waals surface area contributed by atoms with Crippen molar-refractivity contribution in [3.8, 4) is 10.4 Å². The van der Waals surface area contributed by atoms with E-state index in [4.69, 9.17) is 0 Å². The van der Waals surface area contributed by atoms with Crippen LogP contribution >= 0.6 is 11.3 Å². The normalized spacial score (nSPS) is 15.3. The number of rotatable bonds is 4. The van der Waals surface area contributed by atoms with E-state index in [1.54, 1.807) is 6.07 Å². The number of fused-ring (bicyclic) bond motifs is 1. The van der Waals surface area contributed by atoms with Crippen LogP contribution in [0.3, 0.4) is 0 Å². The molecule has 0 saturated carbocycles. The summed E-state index contributed by atoms with van der Waals surface area (Å²) in [7, 11) is 0. The summed E-state index contributed by atoms with van der Waals surface area (Å²) in [5.74, 6) is 0.599. The molecule has 33 heavy (non-hydrogen) atoms. The van der Waals surface area contributed by atoms with E-state index in [2.05, 4.69) is 14.9 Å². The highest BCUT2D eigenvalue weighted by Gasteiger charge is 2.31. The Morgan fingerprint density at radius 1 is 0.970 bits per heavy atom. The van der Waals surface area contributed by atoms with Crippen molar-refractivity contribution in [2.45, 2.75) is 12.7 Å². The van der Waals surface area contributed by atoms with Gasteiger partial charge < -0.3 is 9.88 Å². The second-order valence-corrected chi connectivity index (χ2v) is 9.05. The van der Waals surface area contributed by atoms with E-state index in [0.29, 0.717) is 54.5 Å². The van der Waals surface area contributed by atoms with Crippen molar-refractivity contribution in [2.75, 3.05) is 31.1 Å². The number of piperazine rings is 1. The van der Waals surface area contributed by atoms with Gasteiger partial charge in [0.15, 0.2) is 0 Å². The van der Waals surface area contributed by atoms with Gasteiger partial charge in [0.05, 0.1) is 17.5 Å². The Kier molecular flexibility index (Phi) is 5.67. The minimum atomic E-state index is -4.35. The number of nitrogens with one attached hydrogen (secondary N) is 1. The molecule has 3 heterocycles. The van der Waals surface area contributed by atoms with Crippen molar-refractivity contribution in [3.05, 3.63) is 82.4 Å². The lowest BCUT2D eigenvalue weighted by Crippen LogP contribution is -2.46. The van der Waals surface area contributed by atoms with E-state index in [-0.39, 0.29) is 5.56 Å². The highest BCUT2D eigenvalue weighted by molar-refractivity contribution is 7.21. The largest absolute Gasteiger partial charge is 0.416 e. The van der Waals surface area contributed by atoms with Crippen LogP contribution in [0.4, 0.5) is 18.9 Å². The second-order valence-electron chi connectivity index (χ2n) is 8.02. The predicted molar refractivity (Wildman–Crippen MR) is 125 cm³/mol. The zero-order valence-electron chi connectivity index (χ0n) is 17.6. The molecule has 0 atom stereocenters. The Morgan fingerprint density at radius 3 is 2.45 bits per heavy atom. The first-order valence-electron chi connectivity index (χ1n) is 10.6. The third kappa shape index (κ3) is 4.65. The van der Waals surface area contributed by atoms with Gasteiger partial charge in [-0.1, -0.05) is 36.4 Å². The third-order valence-electron chi connectivity index (χ3n) is 5.79. The Hall–Kier alpha value is -3.17. The quantitative estimate of drug-likeness (QED) is 0.457. The molecule has 0 aliphatic carbocycles. The number of alkyl halides is 3. The molecule has 5 nitrogen and oxygen atoms in total. The molecule has 0 spiro atoms. The van der Waals surface area contributed by atoms with Gasteiger partial charge in [0.1, 0.15) is 10.7 Å². The molecule has 5 rings (SSSR count). The lowest BCUT2D eigenvalue weighted by atomic mass is 10.1. The first kappa shape index (κ1) is 21.7. The maximum atomic E-state index is 13.0. The van der Waals surface area contributed by atoms with Crippen molar-refractivity contribution >= 4 is 27.2 Å². The Labute approximate surface area is 192 Å². The Bertz CT molecular complexity index is 1330. The average Bonchev–Trinajstić information content (AvgIpc) is 3.25. The molecule has 0 unspecified atom stereocenters. The summed E-state index contributed by atoms with van der Waals surface area (Å²) in [5, 5.41) is 0.581. The average molecular weight is 471 g/mol. The third-order valence-corrected chi connectivity index (χ3v) is 6.87. The smallest absolute Gasteiger partial charge is 0.369 e. The summed E-state index contributed by atoms with van der Waals surface area (Å²) in [6.45, 7) is 3.02. The van der Waals surface area contributed by atoms with Gasteiger partial charge >= 0.3 is 6.18 Å². The summed E-state index contributed by atoms with van der Waals surface area (Å²) < 4.78 is 39.1. The number of hydrogen-bond acceptors (Lipinski definition) is 5. The molecule has 0 radical (unpaired) electrons. The first-order chi connectivity index (χ1) is 15.9. The number of halogens is 3. The number of nitrogens with zero attached hydrogens (tertiary/aromatic N) is 3. The molecule has 9 heteroatoms. The van der Waals surface area contributed by atoms with Gasteiger partial charge in [0.25, 0.3) is 5.56 Å². The van der Waals surface area contributed by atoms with Gasteiger partial charge in [0.2, 0.25) is 0 Å². The van der Waals surface area contributed by atoms with E-state index in [0.717, 1.165) is 16.5 Å². The molecule has 0 amide bonds. The minimum absolute atomic E-state index is 0.156. The zero-order valence-corrected chi connectivity index (χ0v) is 18.4. The van der Waals surface area contributed by atoms with Crippen LogP contribution in [-0.2, 0) is 12.7 Å². The summed E-state index contributed by atoms with van der Waals surface area (Å²) in [6.07, 6.45) is -4.35. The van der Waals surface area contributed by atoms with Crippen molar-refractivity contribution in [3.63, 3.8) is 0 Å². The van der Waals surface area contributed by atoms with Gasteiger partial charge in [-0.3, -0.25) is 9.69 Å². The van der Waals surface area contributed by atoms with Gasteiger partial charge in [-0.2, -0.15) is 13.2 Å². The van der Waals surface area contributed by atoms with Crippen molar-refractivity contribution in [1.29, 1.82) is 0 Å². The number of H-pyrrole nitrogens is 1. The van der Waals surface area contributed by atoms with E-state index in [1.807, 2.05) is 41.3 Å². The van der Waals surface area contributed by atoms with Crippen molar-refractivity contribution in [1.82, 2.24) is 14.9 Å². The molecule has 4 aromatic rings. The SMILES string of the molecule is O=c1[nH]c(CN2CCN(c3cccc(C(F)(F)F)c3)CC2)nc2sc(-c3ccccc3)cc12. The highest BCUT2D eigenvalue weighted by atomic mass is 32.1. The van der Waals surface area contributed by atoms with Crippen LogP contribution in [0.25, 0.3) is 20.7 Å². The summed E-state index contributed by atoms with van der Waals surface area (Å²) in [4.78, 5) is 26.0. The molecule has 2 aromatic carbocycles. The van der Waals surface area contributed by atoms with Crippen LogP contribution in [-0.4, -0.2) is 41.0 Å². The van der Waals surface area contributed by atoms with E-state index >= 15 is 0 Å². The molecule has 1 N–H and O–H groups in total. The fourth-order valence-electron chi connectivity index (χ4n) is 4.05. The van der Waals surface area contributed by atoms with Crippen LogP contribution in [0.2, 0.25) is 0 Å². The van der Waals surface area contributed by atoms with Crippen LogP contribution in [0.5, 0.6) is 0 Å². The molecule has 1 aliphatic rings. The fourth-order valence-corrected chi connectivity index (χ4v) is 5.11. The summed E-state index contributed by atoms with van der Waals surface area (Å²) in [5.41, 5.74) is 0.830. The number of aromatic amines is 1. The monoisotopic (exact) mass is 470 g/mol. The van der Waals surface area contributed by atoms with Crippen LogP contribution in [0.15, 0.2) is 65.5 Å². The molecule has 2 aromatic heterocycles. The molecule has 170 valence electrons. The highest BCUT2D eigenvalue weighted by Crippen LogP contribution is 2.32. The first-order valence-corrected chi connectivity index (χ1v) is 11.4. The maximum Gasteiger partial charge on any atom is 0.416 e.